The van der Waals surface area contributed by atoms with Crippen LogP contribution in [0.1, 0.15) is 25.3 Å². The predicted octanol–water partition coefficient (Wildman–Crippen LogP) is 5.02. The Hall–Kier alpha value is -1.92. The fourth-order valence-corrected chi connectivity index (χ4v) is 5.28. The highest BCUT2D eigenvalue weighted by Crippen LogP contribution is 2.38. The molecule has 1 fully saturated rings. The van der Waals surface area contributed by atoms with Gasteiger partial charge in [0, 0.05) is 24.0 Å². The summed E-state index contributed by atoms with van der Waals surface area (Å²) in [5, 5.41) is 4.11. The largest absolute Gasteiger partial charge is 0.342 e. The van der Waals surface area contributed by atoms with Gasteiger partial charge < -0.3 is 4.90 Å². The molecule has 0 radical (unpaired) electrons. The van der Waals surface area contributed by atoms with Gasteiger partial charge in [0.05, 0.1) is 11.1 Å². The number of benzene rings is 1. The van der Waals surface area contributed by atoms with Gasteiger partial charge >= 0.3 is 0 Å². The number of aryl methyl sites for hydroxylation is 1. The Morgan fingerprint density at radius 3 is 2.70 bits per heavy atom. The van der Waals surface area contributed by atoms with Crippen LogP contribution in [0.25, 0.3) is 21.3 Å². The van der Waals surface area contributed by atoms with Crippen LogP contribution in [-0.2, 0) is 4.79 Å². The van der Waals surface area contributed by atoms with E-state index < -0.39 is 0 Å². The van der Waals surface area contributed by atoms with E-state index in [9.17, 15) is 4.79 Å². The van der Waals surface area contributed by atoms with Gasteiger partial charge in [0.15, 0.2) is 0 Å². The second-order valence-corrected chi connectivity index (χ2v) is 9.05. The normalized spacial score (nSPS) is 15.4. The smallest absolute Gasteiger partial charge is 0.232 e. The summed E-state index contributed by atoms with van der Waals surface area (Å²) in [4.78, 5) is 24.5. The van der Waals surface area contributed by atoms with Crippen LogP contribution in [0.4, 0.5) is 0 Å². The van der Waals surface area contributed by atoms with E-state index in [1.807, 2.05) is 4.90 Å². The highest BCUT2D eigenvalue weighted by atomic mass is 32.2. The maximum absolute atomic E-state index is 12.6. The number of carbonyl (C=O) groups excluding carboxylic acids is 1. The molecule has 1 aliphatic heterocycles. The molecule has 4 rings (SSSR count). The number of thioether (sulfide) groups is 1. The lowest BCUT2D eigenvalue weighted by Gasteiger charge is -2.30. The summed E-state index contributed by atoms with van der Waals surface area (Å²) in [7, 11) is 0. The van der Waals surface area contributed by atoms with Crippen molar-refractivity contribution >= 4 is 39.2 Å². The third kappa shape index (κ3) is 4.01. The number of thiophene rings is 1. The third-order valence-corrected chi connectivity index (χ3v) is 7.03. The fourth-order valence-electron chi connectivity index (χ4n) is 3.38. The summed E-state index contributed by atoms with van der Waals surface area (Å²) >= 11 is 3.16. The van der Waals surface area contributed by atoms with Crippen molar-refractivity contribution in [2.24, 2.45) is 5.92 Å². The number of piperidine rings is 1. The molecule has 4 nitrogen and oxygen atoms in total. The highest BCUT2D eigenvalue weighted by molar-refractivity contribution is 8.00. The Morgan fingerprint density at radius 1 is 1.22 bits per heavy atom. The minimum atomic E-state index is 0.214. The Labute approximate surface area is 168 Å². The number of fused-ring (bicyclic) bond motifs is 1. The van der Waals surface area contributed by atoms with E-state index in [-0.39, 0.29) is 5.91 Å². The van der Waals surface area contributed by atoms with Gasteiger partial charge in [0.2, 0.25) is 5.91 Å². The minimum absolute atomic E-state index is 0.214. The van der Waals surface area contributed by atoms with Crippen molar-refractivity contribution in [1.82, 2.24) is 14.9 Å². The number of rotatable bonds is 4. The average Bonchev–Trinajstić information content (AvgIpc) is 3.12. The summed E-state index contributed by atoms with van der Waals surface area (Å²) in [5.74, 6) is 1.38. The molecule has 0 atom stereocenters. The van der Waals surface area contributed by atoms with Crippen LogP contribution < -0.4 is 0 Å². The molecule has 140 valence electrons. The van der Waals surface area contributed by atoms with Gasteiger partial charge in [-0.15, -0.1) is 11.3 Å². The average molecular weight is 398 g/mol. The van der Waals surface area contributed by atoms with E-state index in [1.54, 1.807) is 17.7 Å². The van der Waals surface area contributed by atoms with Gasteiger partial charge in [-0.2, -0.15) is 0 Å². The molecular weight excluding hydrogens is 374 g/mol. The zero-order chi connectivity index (χ0) is 18.8. The first-order chi connectivity index (χ1) is 13.1. The van der Waals surface area contributed by atoms with Gasteiger partial charge in [-0.1, -0.05) is 48.5 Å². The standard InChI is InChI=1S/C21H23N3OS2/c1-14-3-5-16(6-4-14)17-11-26-20-19(17)21(23-13-22-20)27-12-18(25)24-9-7-15(2)8-10-24/h3-6,11,13,15H,7-10,12H2,1-2H3. The van der Waals surface area contributed by atoms with E-state index in [4.69, 9.17) is 0 Å². The monoisotopic (exact) mass is 397 g/mol. The molecule has 3 aromatic rings. The van der Waals surface area contributed by atoms with Crippen molar-refractivity contribution in [3.05, 3.63) is 41.5 Å². The molecule has 1 aliphatic rings. The first-order valence-corrected chi connectivity index (χ1v) is 11.2. The SMILES string of the molecule is Cc1ccc(-c2csc3ncnc(SCC(=O)N4CCC(C)CC4)c23)cc1. The second kappa shape index (κ2) is 7.98. The zero-order valence-corrected chi connectivity index (χ0v) is 17.3. The quantitative estimate of drug-likeness (QED) is 0.458. The topological polar surface area (TPSA) is 46.1 Å². The highest BCUT2D eigenvalue weighted by Gasteiger charge is 2.21. The third-order valence-electron chi connectivity index (χ3n) is 5.17. The molecule has 0 spiro atoms. The molecule has 1 aromatic carbocycles. The summed E-state index contributed by atoms with van der Waals surface area (Å²) in [6.07, 6.45) is 3.82. The number of hydrogen-bond donors (Lipinski definition) is 0. The van der Waals surface area contributed by atoms with Crippen molar-refractivity contribution in [2.45, 2.75) is 31.7 Å². The first-order valence-electron chi connectivity index (χ1n) is 9.31. The van der Waals surface area contributed by atoms with Crippen molar-refractivity contribution in [3.8, 4) is 11.1 Å². The van der Waals surface area contributed by atoms with Crippen LogP contribution in [0.3, 0.4) is 0 Å². The number of nitrogens with zero attached hydrogens (tertiary/aromatic N) is 3. The molecule has 0 bridgehead atoms. The molecule has 3 heterocycles. The summed E-state index contributed by atoms with van der Waals surface area (Å²) in [6.45, 7) is 6.11. The summed E-state index contributed by atoms with van der Waals surface area (Å²) in [5.41, 5.74) is 3.56. The Balaban J connectivity index is 1.56. The summed E-state index contributed by atoms with van der Waals surface area (Å²) < 4.78 is 0. The van der Waals surface area contributed by atoms with E-state index in [0.29, 0.717) is 5.75 Å². The molecule has 27 heavy (non-hydrogen) atoms. The lowest BCUT2D eigenvalue weighted by molar-refractivity contribution is -0.129. The number of hydrogen-bond acceptors (Lipinski definition) is 5. The van der Waals surface area contributed by atoms with Crippen molar-refractivity contribution < 1.29 is 4.79 Å². The Bertz CT molecular complexity index is 944. The van der Waals surface area contributed by atoms with E-state index >= 15 is 0 Å². The fraction of sp³-hybridized carbons (Fsp3) is 0.381. The van der Waals surface area contributed by atoms with Crippen molar-refractivity contribution in [2.75, 3.05) is 18.8 Å². The zero-order valence-electron chi connectivity index (χ0n) is 15.6. The van der Waals surface area contributed by atoms with Gasteiger partial charge in [-0.25, -0.2) is 9.97 Å². The van der Waals surface area contributed by atoms with Gasteiger partial charge in [-0.3, -0.25) is 4.79 Å². The van der Waals surface area contributed by atoms with Crippen LogP contribution in [0.15, 0.2) is 41.0 Å². The number of carbonyl (C=O) groups is 1. The van der Waals surface area contributed by atoms with Gasteiger partial charge in [0.1, 0.15) is 16.2 Å². The van der Waals surface area contributed by atoms with Crippen molar-refractivity contribution in [3.63, 3.8) is 0 Å². The van der Waals surface area contributed by atoms with Crippen LogP contribution in [0.2, 0.25) is 0 Å². The molecule has 1 saturated heterocycles. The molecule has 0 saturated carbocycles. The van der Waals surface area contributed by atoms with Crippen LogP contribution in [0.5, 0.6) is 0 Å². The van der Waals surface area contributed by atoms with Crippen LogP contribution in [-0.4, -0.2) is 39.6 Å². The predicted molar refractivity (Wildman–Crippen MR) is 113 cm³/mol. The molecule has 2 aromatic heterocycles. The van der Waals surface area contributed by atoms with Crippen molar-refractivity contribution in [1.29, 1.82) is 0 Å². The Morgan fingerprint density at radius 2 is 1.96 bits per heavy atom. The number of aromatic nitrogens is 2. The van der Waals surface area contributed by atoms with Gasteiger partial charge in [0.25, 0.3) is 0 Å². The Kier molecular flexibility index (Phi) is 5.45. The maximum Gasteiger partial charge on any atom is 0.232 e. The molecule has 1 amide bonds. The van der Waals surface area contributed by atoms with Crippen LogP contribution in [0, 0.1) is 12.8 Å². The first kappa shape index (κ1) is 18.4. The van der Waals surface area contributed by atoms with E-state index in [1.165, 1.54) is 22.9 Å². The lowest BCUT2D eigenvalue weighted by atomic mass is 9.99. The second-order valence-electron chi connectivity index (χ2n) is 7.23. The molecule has 0 aliphatic carbocycles. The number of likely N-dealkylation sites (tertiary alicyclic amines) is 1. The molecule has 6 heteroatoms. The molecule has 0 unspecified atom stereocenters. The molecular formula is C21H23N3OS2. The van der Waals surface area contributed by atoms with E-state index in [2.05, 4.69) is 53.5 Å². The lowest BCUT2D eigenvalue weighted by Crippen LogP contribution is -2.38. The number of amides is 1. The van der Waals surface area contributed by atoms with Crippen LogP contribution >= 0.6 is 23.1 Å². The maximum atomic E-state index is 12.6. The summed E-state index contributed by atoms with van der Waals surface area (Å²) in [6, 6.07) is 8.52. The van der Waals surface area contributed by atoms with E-state index in [0.717, 1.165) is 52.7 Å². The minimum Gasteiger partial charge on any atom is -0.342 e. The molecule has 0 N–H and O–H groups in total. The van der Waals surface area contributed by atoms with Gasteiger partial charge in [-0.05, 0) is 31.2 Å².